The zero-order chi connectivity index (χ0) is 29.6. The lowest BCUT2D eigenvalue weighted by Gasteiger charge is -2.41. The molecule has 2 aliphatic heterocycles. The summed E-state index contributed by atoms with van der Waals surface area (Å²) in [7, 11) is -5.50. The third kappa shape index (κ3) is 6.61. The molecule has 0 radical (unpaired) electrons. The highest BCUT2D eigenvalue weighted by Crippen LogP contribution is 2.66. The van der Waals surface area contributed by atoms with E-state index in [2.05, 4.69) is 36.0 Å². The summed E-state index contributed by atoms with van der Waals surface area (Å²) in [4.78, 5) is 22.0. The molecule has 0 bridgehead atoms. The highest BCUT2D eigenvalue weighted by atomic mass is 35.5. The third-order valence-electron chi connectivity index (χ3n) is 5.94. The van der Waals surface area contributed by atoms with E-state index >= 15 is 0 Å². The molecular weight excluding hydrogens is 631 g/mol. The molecule has 12 atom stereocenters. The van der Waals surface area contributed by atoms with Crippen molar-refractivity contribution in [2.75, 3.05) is 18.9 Å². The van der Waals surface area contributed by atoms with Gasteiger partial charge < -0.3 is 45.6 Å². The lowest BCUT2D eigenvalue weighted by atomic mass is 9.96. The van der Waals surface area contributed by atoms with E-state index in [0.29, 0.717) is 0 Å². The van der Waals surface area contributed by atoms with Gasteiger partial charge in [-0.3, -0.25) is 13.6 Å². The second kappa shape index (κ2) is 12.3. The molecule has 8 N–H and O–H groups in total. The number of thiol groups is 1. The van der Waals surface area contributed by atoms with Crippen LogP contribution in [0.4, 0.5) is 10.2 Å². The number of alkyl halides is 2. The van der Waals surface area contributed by atoms with Gasteiger partial charge >= 0.3 is 14.6 Å². The number of nitrogens with two attached hydrogens (primary N) is 1. The van der Waals surface area contributed by atoms with Crippen LogP contribution in [-0.2, 0) is 32.0 Å². The molecule has 2 aromatic heterocycles. The number of ether oxygens (including phenoxy) is 2. The van der Waals surface area contributed by atoms with Crippen LogP contribution in [0.1, 0.15) is 6.23 Å². The standard InChI is InChI=1S/C17H25ClFN5O13P2S/c18-7-9(26)6(34-16(7)24-4-23-8-14(20)21-3-22-15(8)24)2-33-39(32,40)37-38(30,31)36-17-12(29)10(27)11(28)13(35-17)5(19)1-25/h3-7,9-13,16-17,25-29H,1-2H2,(H,30,31)(H,32,40)(H2,20,21,22)/t5-,6+,7+,9+,10?,11?,12?,13?,16+,17?,39?/m0/s1. The van der Waals surface area contributed by atoms with E-state index in [1.165, 1.54) is 17.2 Å². The van der Waals surface area contributed by atoms with Crippen LogP contribution in [0.2, 0.25) is 0 Å². The average molecular weight is 656 g/mol. The van der Waals surface area contributed by atoms with Crippen molar-refractivity contribution in [1.29, 1.82) is 0 Å². The van der Waals surface area contributed by atoms with E-state index in [0.717, 1.165) is 0 Å². The zero-order valence-electron chi connectivity index (χ0n) is 19.8. The number of halogens is 2. The summed E-state index contributed by atoms with van der Waals surface area (Å²) in [5.41, 5.74) is 6.24. The van der Waals surface area contributed by atoms with Gasteiger partial charge in [-0.05, 0) is 0 Å². The van der Waals surface area contributed by atoms with Crippen LogP contribution in [0.15, 0.2) is 12.7 Å². The Balaban J connectivity index is 1.38. The van der Waals surface area contributed by atoms with Crippen molar-refractivity contribution >= 4 is 55.5 Å². The predicted octanol–water partition coefficient (Wildman–Crippen LogP) is -1.40. The Bertz CT molecular complexity index is 1300. The molecule has 0 saturated carbocycles. The molecule has 226 valence electrons. The van der Waals surface area contributed by atoms with Crippen LogP contribution in [0.3, 0.4) is 0 Å². The van der Waals surface area contributed by atoms with Crippen LogP contribution < -0.4 is 5.73 Å². The number of hydrogen-bond acceptors (Lipinski definition) is 16. The minimum absolute atomic E-state index is 0.0855. The van der Waals surface area contributed by atoms with Crippen LogP contribution in [0.25, 0.3) is 11.2 Å². The Kier molecular flexibility index (Phi) is 9.78. The number of imidazole rings is 1. The maximum atomic E-state index is 13.9. The number of phosphoric ester groups is 1. The van der Waals surface area contributed by atoms with Crippen molar-refractivity contribution < 1.29 is 66.8 Å². The van der Waals surface area contributed by atoms with E-state index in [1.807, 2.05) is 0 Å². The number of aliphatic hydroxyl groups excluding tert-OH is 5. The van der Waals surface area contributed by atoms with Gasteiger partial charge in [-0.15, -0.1) is 11.6 Å². The van der Waals surface area contributed by atoms with E-state index in [-0.39, 0.29) is 17.0 Å². The Morgan fingerprint density at radius 3 is 2.52 bits per heavy atom. The van der Waals surface area contributed by atoms with E-state index in [4.69, 9.17) is 36.4 Å². The molecular formula is C17H25ClFN5O13P2S. The maximum Gasteiger partial charge on any atom is 0.482 e. The molecule has 0 spiro atoms. The van der Waals surface area contributed by atoms with E-state index in [1.54, 1.807) is 0 Å². The first-order valence-electron chi connectivity index (χ1n) is 11.2. The maximum absolute atomic E-state index is 13.9. The first-order chi connectivity index (χ1) is 18.7. The summed E-state index contributed by atoms with van der Waals surface area (Å²) in [6, 6.07) is 0. The van der Waals surface area contributed by atoms with Crippen LogP contribution >= 0.6 is 38.5 Å². The van der Waals surface area contributed by atoms with Gasteiger partial charge in [-0.1, -0.05) is 12.2 Å². The Hall–Kier alpha value is -1.06. The highest BCUT2D eigenvalue weighted by Gasteiger charge is 2.51. The minimum atomic E-state index is -5.50. The molecule has 0 aliphatic carbocycles. The number of aromatic nitrogens is 4. The summed E-state index contributed by atoms with van der Waals surface area (Å²) in [6.07, 6.45) is -14.2. The third-order valence-corrected chi connectivity index (χ3v) is 10.0. The lowest BCUT2D eigenvalue weighted by molar-refractivity contribution is -0.287. The number of fused-ring (bicyclic) bond motifs is 1. The molecule has 7 unspecified atom stereocenters. The molecule has 4 rings (SSSR count). The van der Waals surface area contributed by atoms with Crippen LogP contribution in [0, 0.1) is 0 Å². The number of phosphoric acid groups is 1. The van der Waals surface area contributed by atoms with Crippen molar-refractivity contribution in [3.63, 3.8) is 0 Å². The largest absolute Gasteiger partial charge is 0.482 e. The van der Waals surface area contributed by atoms with Crippen molar-refractivity contribution in [1.82, 2.24) is 19.5 Å². The fourth-order valence-corrected chi connectivity index (χ4v) is 7.49. The second-order valence-electron chi connectivity index (χ2n) is 8.64. The number of aliphatic hydroxyl groups is 5. The smallest absolute Gasteiger partial charge is 0.393 e. The molecule has 2 aliphatic rings. The van der Waals surface area contributed by atoms with Gasteiger partial charge in [0.2, 0.25) is 0 Å². The molecule has 0 aromatic carbocycles. The molecule has 2 fully saturated rings. The normalized spacial score (nSPS) is 36.8. The highest BCUT2D eigenvalue weighted by molar-refractivity contribution is 8.45. The molecule has 40 heavy (non-hydrogen) atoms. The number of hydrogen-bond donors (Lipinski definition) is 8. The SMILES string of the molecule is Nc1ncnc2c1ncn2[C@@H]1O[C@H](COP(=O)(S)OP(=O)(O)OC2OC([C@@H](F)CO)C(O)C(O)C2O)[C@@H](O)[C@H]1Cl. The zero-order valence-corrected chi connectivity index (χ0v) is 23.3. The Labute approximate surface area is 234 Å². The molecule has 18 nitrogen and oxygen atoms in total. The molecule has 4 heterocycles. The van der Waals surface area contributed by atoms with Crippen molar-refractivity contribution in [2.24, 2.45) is 0 Å². The second-order valence-corrected chi connectivity index (χ2v) is 13.6. The summed E-state index contributed by atoms with van der Waals surface area (Å²) >= 11 is 9.89. The van der Waals surface area contributed by atoms with Gasteiger partial charge in [0.15, 0.2) is 30.2 Å². The van der Waals surface area contributed by atoms with E-state index < -0.39 is 88.5 Å². The summed E-state index contributed by atoms with van der Waals surface area (Å²) in [6.45, 7) is -6.69. The fourth-order valence-electron chi connectivity index (χ4n) is 3.96. The molecule has 0 amide bonds. The Morgan fingerprint density at radius 1 is 1.15 bits per heavy atom. The lowest BCUT2D eigenvalue weighted by Crippen LogP contribution is -2.60. The first-order valence-corrected chi connectivity index (χ1v) is 15.8. The molecule has 2 aromatic rings. The monoisotopic (exact) mass is 655 g/mol. The average Bonchev–Trinajstić information content (AvgIpc) is 3.43. The number of nitrogen functional groups attached to an aromatic ring is 1. The predicted molar refractivity (Wildman–Crippen MR) is 132 cm³/mol. The van der Waals surface area contributed by atoms with Crippen LogP contribution in [-0.4, -0.2) is 118 Å². The summed E-state index contributed by atoms with van der Waals surface area (Å²) in [5, 5.41) is 48.1. The summed E-state index contributed by atoms with van der Waals surface area (Å²) in [5.74, 6) is 0.0855. The molecule has 2 saturated heterocycles. The van der Waals surface area contributed by atoms with Gasteiger partial charge in [0, 0.05) is 0 Å². The molecule has 23 heteroatoms. The first kappa shape index (κ1) is 31.9. The van der Waals surface area contributed by atoms with Crippen LogP contribution in [0.5, 0.6) is 0 Å². The van der Waals surface area contributed by atoms with Gasteiger partial charge in [0.05, 0.1) is 19.5 Å². The van der Waals surface area contributed by atoms with E-state index in [9.17, 15) is 38.8 Å². The fraction of sp³-hybridized carbons (Fsp3) is 0.706. The topological polar surface area (TPSA) is 271 Å². The van der Waals surface area contributed by atoms with Crippen molar-refractivity contribution in [3.8, 4) is 0 Å². The van der Waals surface area contributed by atoms with Crippen molar-refractivity contribution in [3.05, 3.63) is 12.7 Å². The van der Waals surface area contributed by atoms with Gasteiger partial charge in [0.25, 0.3) is 0 Å². The Morgan fingerprint density at radius 2 is 1.85 bits per heavy atom. The number of rotatable bonds is 10. The summed E-state index contributed by atoms with van der Waals surface area (Å²) < 4.78 is 64.9. The number of anilines is 1. The van der Waals surface area contributed by atoms with Gasteiger partial charge in [0.1, 0.15) is 53.8 Å². The van der Waals surface area contributed by atoms with Gasteiger partial charge in [-0.2, -0.15) is 4.31 Å². The number of nitrogens with zero attached hydrogens (tertiary/aromatic N) is 4. The quantitative estimate of drug-likeness (QED) is 0.0830. The van der Waals surface area contributed by atoms with Crippen molar-refractivity contribution in [2.45, 2.75) is 60.7 Å². The van der Waals surface area contributed by atoms with Gasteiger partial charge in [-0.25, -0.2) is 28.5 Å². The minimum Gasteiger partial charge on any atom is -0.393 e.